The number of hydrogen-bond acceptors (Lipinski definition) is 2. The molecule has 3 nitrogen and oxygen atoms in total. The van der Waals surface area contributed by atoms with E-state index in [9.17, 15) is 8.78 Å². The van der Waals surface area contributed by atoms with Crippen molar-refractivity contribution in [3.05, 3.63) is 46.2 Å². The van der Waals surface area contributed by atoms with Gasteiger partial charge >= 0.3 is 0 Å². The third-order valence-corrected chi connectivity index (χ3v) is 3.01. The highest BCUT2D eigenvalue weighted by Gasteiger charge is 2.13. The average molecular weight is 273 g/mol. The second-order valence-electron chi connectivity index (χ2n) is 3.84. The number of hydrogen-bond donors (Lipinski definition) is 0. The summed E-state index contributed by atoms with van der Waals surface area (Å²) in [4.78, 5) is 0. The Kier molecular flexibility index (Phi) is 3.52. The minimum absolute atomic E-state index is 0.0179. The maximum atomic E-state index is 13.3. The van der Waals surface area contributed by atoms with Crippen molar-refractivity contribution in [1.82, 2.24) is 9.78 Å². The minimum Gasteiger partial charge on any atom is -0.486 e. The lowest BCUT2D eigenvalue weighted by Crippen LogP contribution is -1.99. The molecule has 0 spiro atoms. The van der Waals surface area contributed by atoms with Crippen LogP contribution in [0.4, 0.5) is 8.78 Å². The normalized spacial score (nSPS) is 10.7. The molecule has 0 saturated carbocycles. The first-order valence-electron chi connectivity index (χ1n) is 5.25. The Balaban J connectivity index is 2.16. The maximum Gasteiger partial charge on any atom is 0.167 e. The van der Waals surface area contributed by atoms with Crippen molar-refractivity contribution in [2.45, 2.75) is 13.5 Å². The van der Waals surface area contributed by atoms with Gasteiger partial charge in [-0.1, -0.05) is 11.6 Å². The molecule has 0 aliphatic rings. The summed E-state index contributed by atoms with van der Waals surface area (Å²) in [7, 11) is 1.71. The van der Waals surface area contributed by atoms with Crippen LogP contribution in [-0.4, -0.2) is 9.78 Å². The van der Waals surface area contributed by atoms with E-state index in [1.165, 1.54) is 10.7 Å². The van der Waals surface area contributed by atoms with Crippen LogP contribution >= 0.6 is 11.6 Å². The smallest absolute Gasteiger partial charge is 0.167 e. The largest absolute Gasteiger partial charge is 0.486 e. The van der Waals surface area contributed by atoms with Gasteiger partial charge in [0.25, 0.3) is 0 Å². The lowest BCUT2D eigenvalue weighted by atomic mass is 10.3. The van der Waals surface area contributed by atoms with Crippen molar-refractivity contribution in [3.63, 3.8) is 0 Å². The summed E-state index contributed by atoms with van der Waals surface area (Å²) in [6.45, 7) is 1.87. The van der Waals surface area contributed by atoms with Gasteiger partial charge in [-0.05, 0) is 19.1 Å². The Labute approximate surface area is 108 Å². The van der Waals surface area contributed by atoms with Crippen LogP contribution in [0.1, 0.15) is 11.3 Å². The van der Waals surface area contributed by atoms with E-state index in [-0.39, 0.29) is 12.4 Å². The third kappa shape index (κ3) is 2.46. The lowest BCUT2D eigenvalue weighted by molar-refractivity contribution is 0.288. The Morgan fingerprint density at radius 1 is 1.39 bits per heavy atom. The fourth-order valence-corrected chi connectivity index (χ4v) is 1.81. The first-order chi connectivity index (χ1) is 8.49. The van der Waals surface area contributed by atoms with Crippen LogP contribution in [0.15, 0.2) is 18.2 Å². The summed E-state index contributed by atoms with van der Waals surface area (Å²) in [5.74, 6) is -1.40. The molecular weight excluding hydrogens is 262 g/mol. The summed E-state index contributed by atoms with van der Waals surface area (Å²) < 4.78 is 32.8. The van der Waals surface area contributed by atoms with Gasteiger partial charge in [0.15, 0.2) is 11.6 Å². The highest BCUT2D eigenvalue weighted by molar-refractivity contribution is 6.30. The van der Waals surface area contributed by atoms with Crippen LogP contribution in [0, 0.1) is 18.6 Å². The highest BCUT2D eigenvalue weighted by atomic mass is 35.5. The van der Waals surface area contributed by atoms with Crippen LogP contribution in [0.2, 0.25) is 5.15 Å². The van der Waals surface area contributed by atoms with E-state index in [4.69, 9.17) is 16.3 Å². The van der Waals surface area contributed by atoms with Gasteiger partial charge in [0.05, 0.1) is 5.69 Å². The number of ether oxygens (including phenoxy) is 1. The van der Waals surface area contributed by atoms with Crippen molar-refractivity contribution >= 4 is 11.6 Å². The number of aryl methyl sites for hydroxylation is 2. The zero-order chi connectivity index (χ0) is 13.3. The van der Waals surface area contributed by atoms with Crippen molar-refractivity contribution in [2.24, 2.45) is 7.05 Å². The fraction of sp³-hybridized carbons (Fsp3) is 0.250. The molecule has 0 fully saturated rings. The highest BCUT2D eigenvalue weighted by Crippen LogP contribution is 2.23. The van der Waals surface area contributed by atoms with Crippen molar-refractivity contribution < 1.29 is 13.5 Å². The van der Waals surface area contributed by atoms with Gasteiger partial charge in [0, 0.05) is 18.7 Å². The molecule has 0 aliphatic carbocycles. The molecule has 0 amide bonds. The topological polar surface area (TPSA) is 27.1 Å². The molecule has 2 aromatic rings. The quantitative estimate of drug-likeness (QED) is 0.858. The molecule has 0 N–H and O–H groups in total. The Hall–Kier alpha value is -1.62. The molecule has 1 heterocycles. The summed E-state index contributed by atoms with van der Waals surface area (Å²) in [6, 6.07) is 3.15. The molecule has 2 rings (SSSR count). The second-order valence-corrected chi connectivity index (χ2v) is 4.20. The standard InChI is InChI=1S/C12H11ClF2N2O/c1-7-9(12(13)17(2)16-7)6-18-11-4-3-8(14)5-10(11)15/h3-5H,6H2,1-2H3. The van der Waals surface area contributed by atoms with Gasteiger partial charge in [0.1, 0.15) is 17.6 Å². The molecule has 0 aliphatic heterocycles. The molecule has 0 saturated heterocycles. The van der Waals surface area contributed by atoms with E-state index in [2.05, 4.69) is 5.10 Å². The molecule has 0 bridgehead atoms. The van der Waals surface area contributed by atoms with Gasteiger partial charge in [-0.2, -0.15) is 5.10 Å². The summed E-state index contributed by atoms with van der Waals surface area (Å²) in [6.07, 6.45) is 0. The molecule has 0 radical (unpaired) electrons. The Morgan fingerprint density at radius 3 is 2.67 bits per heavy atom. The van der Waals surface area contributed by atoms with E-state index in [0.29, 0.717) is 16.4 Å². The van der Waals surface area contributed by atoms with Gasteiger partial charge in [-0.15, -0.1) is 0 Å². The number of aromatic nitrogens is 2. The molecule has 1 aromatic carbocycles. The summed E-state index contributed by atoms with van der Waals surface area (Å²) >= 11 is 6.01. The monoisotopic (exact) mass is 272 g/mol. The Morgan fingerprint density at radius 2 is 2.11 bits per heavy atom. The molecular formula is C12H11ClF2N2O. The van der Waals surface area contributed by atoms with Gasteiger partial charge in [-0.3, -0.25) is 4.68 Å². The zero-order valence-corrected chi connectivity index (χ0v) is 10.6. The number of rotatable bonds is 3. The van der Waals surface area contributed by atoms with E-state index in [1.807, 2.05) is 0 Å². The van der Waals surface area contributed by atoms with Gasteiger partial charge in [0.2, 0.25) is 0 Å². The molecule has 96 valence electrons. The van der Waals surface area contributed by atoms with Crippen LogP contribution in [0.3, 0.4) is 0 Å². The fourth-order valence-electron chi connectivity index (χ4n) is 1.58. The van der Waals surface area contributed by atoms with Crippen molar-refractivity contribution in [3.8, 4) is 5.75 Å². The Bertz CT molecular complexity index is 584. The van der Waals surface area contributed by atoms with E-state index >= 15 is 0 Å². The number of benzene rings is 1. The van der Waals surface area contributed by atoms with Gasteiger partial charge < -0.3 is 4.74 Å². The minimum atomic E-state index is -0.743. The molecule has 0 unspecified atom stereocenters. The summed E-state index contributed by atoms with van der Waals surface area (Å²) in [5.41, 5.74) is 1.40. The first-order valence-corrected chi connectivity index (χ1v) is 5.62. The predicted molar refractivity (Wildman–Crippen MR) is 63.6 cm³/mol. The van der Waals surface area contributed by atoms with Crippen molar-refractivity contribution in [1.29, 1.82) is 0 Å². The molecule has 0 atom stereocenters. The van der Waals surface area contributed by atoms with E-state index < -0.39 is 11.6 Å². The van der Waals surface area contributed by atoms with Crippen molar-refractivity contribution in [2.75, 3.05) is 0 Å². The van der Waals surface area contributed by atoms with E-state index in [0.717, 1.165) is 12.1 Å². The predicted octanol–water partition coefficient (Wildman–Crippen LogP) is 3.24. The average Bonchev–Trinajstić information content (AvgIpc) is 2.53. The van der Waals surface area contributed by atoms with E-state index in [1.54, 1.807) is 14.0 Å². The lowest BCUT2D eigenvalue weighted by Gasteiger charge is -2.07. The third-order valence-electron chi connectivity index (χ3n) is 2.54. The molecule has 1 aromatic heterocycles. The second kappa shape index (κ2) is 4.94. The van der Waals surface area contributed by atoms with Crippen LogP contribution in [0.25, 0.3) is 0 Å². The summed E-state index contributed by atoms with van der Waals surface area (Å²) in [5, 5.41) is 4.55. The van der Waals surface area contributed by atoms with Crippen LogP contribution in [-0.2, 0) is 13.7 Å². The van der Waals surface area contributed by atoms with Gasteiger partial charge in [-0.25, -0.2) is 8.78 Å². The zero-order valence-electron chi connectivity index (χ0n) is 9.88. The van der Waals surface area contributed by atoms with Crippen LogP contribution < -0.4 is 4.74 Å². The first kappa shape index (κ1) is 12.8. The van der Waals surface area contributed by atoms with Crippen LogP contribution in [0.5, 0.6) is 5.75 Å². The number of nitrogens with zero attached hydrogens (tertiary/aromatic N) is 2. The maximum absolute atomic E-state index is 13.3. The molecule has 6 heteroatoms. The SMILES string of the molecule is Cc1nn(C)c(Cl)c1COc1ccc(F)cc1F. The number of halogens is 3. The molecule has 18 heavy (non-hydrogen) atoms.